The van der Waals surface area contributed by atoms with E-state index in [4.69, 9.17) is 4.74 Å². The van der Waals surface area contributed by atoms with Crippen LogP contribution in [0, 0.1) is 0 Å². The first kappa shape index (κ1) is 5.96. The minimum Gasteiger partial charge on any atom is -0.490 e. The zero-order valence-corrected chi connectivity index (χ0v) is 5.97. The Morgan fingerprint density at radius 2 is 2.20 bits per heavy atom. The lowest BCUT2D eigenvalue weighted by atomic mass is 10.0. The number of nitrogens with zero attached hydrogens (tertiary/aromatic N) is 1. The highest BCUT2D eigenvalue weighted by Gasteiger charge is 2.14. The van der Waals surface area contributed by atoms with Crippen LogP contribution in [-0.4, -0.2) is 12.8 Å². The van der Waals surface area contributed by atoms with Crippen LogP contribution in [0.2, 0.25) is 0 Å². The number of hydrogen-bond acceptors (Lipinski definition) is 2. The molecule has 0 saturated carbocycles. The van der Waals surface area contributed by atoms with Crippen LogP contribution in [0.25, 0.3) is 0 Å². The summed E-state index contributed by atoms with van der Waals surface area (Å²) in [5, 5.41) is 0. The van der Waals surface area contributed by atoms with E-state index in [0.717, 1.165) is 18.6 Å². The number of hydrogen-bond donors (Lipinski definition) is 0. The maximum atomic E-state index is 5.41. The van der Waals surface area contributed by atoms with Crippen LogP contribution in [0.3, 0.4) is 0 Å². The van der Waals surface area contributed by atoms with Crippen molar-refractivity contribution < 1.29 is 4.74 Å². The van der Waals surface area contributed by atoms with Gasteiger partial charge in [-0.05, 0) is 19.3 Å². The Kier molecular flexibility index (Phi) is 1.46. The third kappa shape index (κ3) is 0.939. The summed E-state index contributed by atoms with van der Waals surface area (Å²) in [4.78, 5) is 4.28. The molecule has 0 aromatic heterocycles. The van der Waals surface area contributed by atoms with Crippen molar-refractivity contribution in [3.8, 4) is 0 Å². The third-order valence-corrected chi connectivity index (χ3v) is 1.97. The summed E-state index contributed by atoms with van der Waals surface area (Å²) >= 11 is 0. The van der Waals surface area contributed by atoms with Gasteiger partial charge in [0.05, 0.1) is 5.70 Å². The number of rotatable bonds is 0. The Bertz CT molecular complexity index is 193. The molecular formula is C8H11NO. The zero-order chi connectivity index (χ0) is 6.81. The Balaban J connectivity index is 2.23. The first-order valence-corrected chi connectivity index (χ1v) is 3.84. The van der Waals surface area contributed by atoms with Crippen LogP contribution >= 0.6 is 0 Å². The van der Waals surface area contributed by atoms with Crippen molar-refractivity contribution in [1.82, 2.24) is 0 Å². The first-order chi connectivity index (χ1) is 4.97. The molecule has 0 bridgehead atoms. The SMILES string of the molecule is C1=NC2=C(CCCC2)OC1. The van der Waals surface area contributed by atoms with E-state index in [1.807, 2.05) is 6.21 Å². The Morgan fingerprint density at radius 3 is 3.10 bits per heavy atom. The second-order valence-corrected chi connectivity index (χ2v) is 2.70. The van der Waals surface area contributed by atoms with Crippen molar-refractivity contribution in [3.63, 3.8) is 0 Å². The zero-order valence-electron chi connectivity index (χ0n) is 5.97. The van der Waals surface area contributed by atoms with Crippen molar-refractivity contribution in [2.24, 2.45) is 4.99 Å². The molecule has 54 valence electrons. The topological polar surface area (TPSA) is 21.6 Å². The summed E-state index contributed by atoms with van der Waals surface area (Å²) in [5.74, 6) is 1.15. The summed E-state index contributed by atoms with van der Waals surface area (Å²) in [7, 11) is 0. The van der Waals surface area contributed by atoms with Gasteiger partial charge in [0, 0.05) is 12.6 Å². The average Bonchev–Trinajstić information content (AvgIpc) is 2.05. The van der Waals surface area contributed by atoms with Crippen molar-refractivity contribution in [2.45, 2.75) is 25.7 Å². The summed E-state index contributed by atoms with van der Waals surface area (Å²) < 4.78 is 5.41. The molecule has 0 aromatic rings. The van der Waals surface area contributed by atoms with E-state index < -0.39 is 0 Å². The molecule has 0 atom stereocenters. The van der Waals surface area contributed by atoms with Crippen LogP contribution in [0.15, 0.2) is 16.4 Å². The van der Waals surface area contributed by atoms with Crippen LogP contribution < -0.4 is 0 Å². The summed E-state index contributed by atoms with van der Waals surface area (Å²) in [6, 6.07) is 0. The third-order valence-electron chi connectivity index (χ3n) is 1.97. The summed E-state index contributed by atoms with van der Waals surface area (Å²) in [5.41, 5.74) is 1.19. The fourth-order valence-corrected chi connectivity index (χ4v) is 1.44. The van der Waals surface area contributed by atoms with Crippen LogP contribution in [0.4, 0.5) is 0 Å². The second-order valence-electron chi connectivity index (χ2n) is 2.70. The fourth-order valence-electron chi connectivity index (χ4n) is 1.44. The van der Waals surface area contributed by atoms with Gasteiger partial charge in [-0.25, -0.2) is 0 Å². The van der Waals surface area contributed by atoms with Gasteiger partial charge in [0.1, 0.15) is 12.4 Å². The first-order valence-electron chi connectivity index (χ1n) is 3.84. The van der Waals surface area contributed by atoms with Gasteiger partial charge >= 0.3 is 0 Å². The van der Waals surface area contributed by atoms with E-state index in [0.29, 0.717) is 6.61 Å². The molecule has 0 amide bonds. The lowest BCUT2D eigenvalue weighted by Gasteiger charge is -2.19. The predicted molar refractivity (Wildman–Crippen MR) is 39.9 cm³/mol. The van der Waals surface area contributed by atoms with Crippen molar-refractivity contribution in [3.05, 3.63) is 11.5 Å². The maximum absolute atomic E-state index is 5.41. The van der Waals surface area contributed by atoms with Crippen LogP contribution in [0.1, 0.15) is 25.7 Å². The van der Waals surface area contributed by atoms with Gasteiger partial charge in [-0.15, -0.1) is 0 Å². The van der Waals surface area contributed by atoms with Gasteiger partial charge in [-0.1, -0.05) is 0 Å². The highest BCUT2D eigenvalue weighted by atomic mass is 16.5. The molecule has 2 rings (SSSR count). The Hall–Kier alpha value is -0.790. The van der Waals surface area contributed by atoms with Gasteiger partial charge in [-0.2, -0.15) is 0 Å². The minimum absolute atomic E-state index is 0.679. The smallest absolute Gasteiger partial charge is 0.123 e. The van der Waals surface area contributed by atoms with Gasteiger partial charge < -0.3 is 4.74 Å². The van der Waals surface area contributed by atoms with Crippen molar-refractivity contribution in [1.29, 1.82) is 0 Å². The lowest BCUT2D eigenvalue weighted by molar-refractivity contribution is 0.228. The molecule has 0 fully saturated rings. The molecule has 1 aliphatic heterocycles. The molecule has 2 heteroatoms. The minimum atomic E-state index is 0.679. The summed E-state index contributed by atoms with van der Waals surface area (Å²) in [6.07, 6.45) is 6.62. The molecule has 0 unspecified atom stereocenters. The van der Waals surface area contributed by atoms with Gasteiger partial charge in [0.15, 0.2) is 0 Å². The standard InChI is InChI=1S/C8H11NO/c1-2-4-8-7(3-1)9-5-6-10-8/h5H,1-4,6H2. The van der Waals surface area contributed by atoms with E-state index in [2.05, 4.69) is 4.99 Å². The van der Waals surface area contributed by atoms with Crippen LogP contribution in [0.5, 0.6) is 0 Å². The van der Waals surface area contributed by atoms with E-state index >= 15 is 0 Å². The predicted octanol–water partition coefficient (Wildman–Crippen LogP) is 1.87. The highest BCUT2D eigenvalue weighted by Crippen LogP contribution is 2.27. The Labute approximate surface area is 60.6 Å². The molecule has 1 heterocycles. The van der Waals surface area contributed by atoms with Gasteiger partial charge in [-0.3, -0.25) is 4.99 Å². The number of allylic oxidation sites excluding steroid dienone is 2. The fraction of sp³-hybridized carbons (Fsp3) is 0.625. The second kappa shape index (κ2) is 2.45. The molecule has 0 N–H and O–H groups in total. The Morgan fingerprint density at radius 1 is 1.30 bits per heavy atom. The van der Waals surface area contributed by atoms with Gasteiger partial charge in [0.2, 0.25) is 0 Å². The van der Waals surface area contributed by atoms with Crippen LogP contribution in [-0.2, 0) is 4.74 Å². The molecule has 0 radical (unpaired) electrons. The molecule has 0 saturated heterocycles. The molecule has 0 spiro atoms. The maximum Gasteiger partial charge on any atom is 0.123 e. The van der Waals surface area contributed by atoms with E-state index in [1.165, 1.54) is 18.5 Å². The van der Waals surface area contributed by atoms with E-state index in [9.17, 15) is 0 Å². The number of aliphatic imine (C=N–C) groups is 1. The van der Waals surface area contributed by atoms with Crippen molar-refractivity contribution >= 4 is 6.21 Å². The van der Waals surface area contributed by atoms with Gasteiger partial charge in [0.25, 0.3) is 0 Å². The molecular weight excluding hydrogens is 126 g/mol. The van der Waals surface area contributed by atoms with E-state index in [-0.39, 0.29) is 0 Å². The molecule has 1 aliphatic carbocycles. The van der Waals surface area contributed by atoms with Crippen molar-refractivity contribution in [2.75, 3.05) is 6.61 Å². The average molecular weight is 137 g/mol. The lowest BCUT2D eigenvalue weighted by Crippen LogP contribution is -2.08. The number of ether oxygens (including phenoxy) is 1. The van der Waals surface area contributed by atoms with E-state index in [1.54, 1.807) is 0 Å². The molecule has 2 aliphatic rings. The highest BCUT2D eigenvalue weighted by molar-refractivity contribution is 5.61. The molecule has 2 nitrogen and oxygen atoms in total. The summed E-state index contributed by atoms with van der Waals surface area (Å²) in [6.45, 7) is 0.679. The molecule has 10 heavy (non-hydrogen) atoms. The largest absolute Gasteiger partial charge is 0.490 e. The monoisotopic (exact) mass is 137 g/mol. The molecule has 0 aromatic carbocycles. The quantitative estimate of drug-likeness (QED) is 0.499. The normalized spacial score (nSPS) is 24.0.